The normalized spacial score (nSPS) is 11.1. The first-order valence-electron chi connectivity index (χ1n) is 9.12. The average Bonchev–Trinajstić information content (AvgIpc) is 3.42. The number of hydrogen-bond acceptors (Lipinski definition) is 2. The second-order valence-corrected chi connectivity index (χ2v) is 6.98. The van der Waals surface area contributed by atoms with Crippen LogP contribution < -0.4 is 5.43 Å². The van der Waals surface area contributed by atoms with E-state index in [2.05, 4.69) is 10.5 Å². The number of benzene rings is 2. The van der Waals surface area contributed by atoms with Crippen LogP contribution in [0.2, 0.25) is 5.02 Å². The molecule has 4 aromatic rings. The summed E-state index contributed by atoms with van der Waals surface area (Å²) in [4.78, 5) is 12.5. The van der Waals surface area contributed by atoms with Gasteiger partial charge in [-0.1, -0.05) is 23.7 Å². The molecule has 0 atom stereocenters. The van der Waals surface area contributed by atoms with E-state index >= 15 is 0 Å². The van der Waals surface area contributed by atoms with Crippen LogP contribution in [-0.2, 0) is 0 Å². The van der Waals surface area contributed by atoms with Crippen molar-refractivity contribution in [3.05, 3.63) is 107 Å². The lowest BCUT2D eigenvalue weighted by atomic mass is 10.2. The Morgan fingerprint density at radius 1 is 0.966 bits per heavy atom. The zero-order valence-electron chi connectivity index (χ0n) is 15.8. The van der Waals surface area contributed by atoms with Crippen molar-refractivity contribution in [2.75, 3.05) is 0 Å². The fourth-order valence-corrected chi connectivity index (χ4v) is 3.18. The number of rotatable bonds is 5. The number of carbonyl (C=O) groups excluding carboxylic acids is 1. The van der Waals surface area contributed by atoms with Crippen LogP contribution in [0.1, 0.15) is 21.6 Å². The number of nitrogens with one attached hydrogen (secondary N) is 1. The van der Waals surface area contributed by atoms with Gasteiger partial charge in [0.05, 0.1) is 11.9 Å². The zero-order valence-corrected chi connectivity index (χ0v) is 16.5. The summed E-state index contributed by atoms with van der Waals surface area (Å²) in [6, 6.07) is 20.9. The van der Waals surface area contributed by atoms with Gasteiger partial charge in [0, 0.05) is 40.6 Å². The van der Waals surface area contributed by atoms with Crippen molar-refractivity contribution in [2.24, 2.45) is 5.10 Å². The lowest BCUT2D eigenvalue weighted by molar-refractivity contribution is 0.0955. The van der Waals surface area contributed by atoms with E-state index < -0.39 is 0 Å². The highest BCUT2D eigenvalue weighted by Gasteiger charge is 2.07. The molecule has 6 heteroatoms. The average molecular weight is 403 g/mol. The Kier molecular flexibility index (Phi) is 5.31. The SMILES string of the molecule is Cc1ccc(-n2cccc2/C=N/NC(=O)c2cccc(-n3cccc3)c2)cc1Cl. The van der Waals surface area contributed by atoms with Crippen LogP contribution >= 0.6 is 11.6 Å². The van der Waals surface area contributed by atoms with Crippen molar-refractivity contribution in [1.82, 2.24) is 14.6 Å². The maximum Gasteiger partial charge on any atom is 0.271 e. The first-order chi connectivity index (χ1) is 14.1. The monoisotopic (exact) mass is 402 g/mol. The molecule has 0 radical (unpaired) electrons. The van der Waals surface area contributed by atoms with Crippen molar-refractivity contribution in [3.63, 3.8) is 0 Å². The molecule has 5 nitrogen and oxygen atoms in total. The van der Waals surface area contributed by atoms with E-state index in [1.165, 1.54) is 0 Å². The highest BCUT2D eigenvalue weighted by molar-refractivity contribution is 6.31. The number of aromatic nitrogens is 2. The van der Waals surface area contributed by atoms with Crippen molar-refractivity contribution in [3.8, 4) is 11.4 Å². The van der Waals surface area contributed by atoms with Gasteiger partial charge in [-0.15, -0.1) is 0 Å². The maximum absolute atomic E-state index is 12.5. The van der Waals surface area contributed by atoms with E-state index in [1.54, 1.807) is 12.3 Å². The number of carbonyl (C=O) groups is 1. The van der Waals surface area contributed by atoms with E-state index in [0.717, 1.165) is 22.6 Å². The van der Waals surface area contributed by atoms with Gasteiger partial charge in [0.25, 0.3) is 5.91 Å². The molecule has 0 aliphatic carbocycles. The fraction of sp³-hybridized carbons (Fsp3) is 0.0435. The molecule has 29 heavy (non-hydrogen) atoms. The highest BCUT2D eigenvalue weighted by Crippen LogP contribution is 2.20. The molecule has 0 unspecified atom stereocenters. The molecule has 1 N–H and O–H groups in total. The summed E-state index contributed by atoms with van der Waals surface area (Å²) in [7, 11) is 0. The van der Waals surface area contributed by atoms with Gasteiger partial charge in [-0.3, -0.25) is 4.79 Å². The number of nitrogens with zero attached hydrogens (tertiary/aromatic N) is 3. The van der Waals surface area contributed by atoms with Crippen molar-refractivity contribution in [1.29, 1.82) is 0 Å². The van der Waals surface area contributed by atoms with Gasteiger partial charge in [-0.25, -0.2) is 5.43 Å². The van der Waals surface area contributed by atoms with Gasteiger partial charge in [-0.2, -0.15) is 5.10 Å². The topological polar surface area (TPSA) is 51.3 Å². The Morgan fingerprint density at radius 2 is 1.79 bits per heavy atom. The van der Waals surface area contributed by atoms with Gasteiger partial charge in [0.1, 0.15) is 0 Å². The third kappa shape index (κ3) is 4.15. The Balaban J connectivity index is 1.49. The Bertz CT molecular complexity index is 1180. The number of aryl methyl sites for hydroxylation is 1. The molecule has 2 heterocycles. The summed E-state index contributed by atoms with van der Waals surface area (Å²) in [5.41, 5.74) is 6.81. The zero-order chi connectivity index (χ0) is 20.2. The Hall–Kier alpha value is -3.57. The van der Waals surface area contributed by atoms with Crippen molar-refractivity contribution < 1.29 is 4.79 Å². The van der Waals surface area contributed by atoms with E-state index in [0.29, 0.717) is 10.6 Å². The molecule has 0 fully saturated rings. The third-order valence-electron chi connectivity index (χ3n) is 4.59. The fourth-order valence-electron chi connectivity index (χ4n) is 3.00. The van der Waals surface area contributed by atoms with Crippen molar-refractivity contribution in [2.45, 2.75) is 6.92 Å². The Labute approximate surface area is 173 Å². The minimum Gasteiger partial charge on any atom is -0.324 e. The predicted molar refractivity (Wildman–Crippen MR) is 116 cm³/mol. The number of amides is 1. The van der Waals surface area contributed by atoms with Crippen LogP contribution in [0.3, 0.4) is 0 Å². The standard InChI is InChI=1S/C23H19ClN4O/c1-17-9-10-20(15-22(17)24)28-13-5-8-21(28)16-25-26-23(29)18-6-4-7-19(14-18)27-11-2-3-12-27/h2-16H,1H3,(H,26,29)/b25-16+. The summed E-state index contributed by atoms with van der Waals surface area (Å²) < 4.78 is 3.90. The molecular formula is C23H19ClN4O. The van der Waals surface area contributed by atoms with Gasteiger partial charge < -0.3 is 9.13 Å². The first-order valence-corrected chi connectivity index (χ1v) is 9.50. The van der Waals surface area contributed by atoms with Crippen LogP contribution in [0.4, 0.5) is 0 Å². The van der Waals surface area contributed by atoms with E-state index in [-0.39, 0.29) is 5.91 Å². The predicted octanol–water partition coefficient (Wildman–Crippen LogP) is 4.99. The molecule has 144 valence electrons. The van der Waals surface area contributed by atoms with Crippen LogP contribution in [0.15, 0.2) is 90.4 Å². The van der Waals surface area contributed by atoms with Crippen LogP contribution in [0.25, 0.3) is 11.4 Å². The number of halogens is 1. The van der Waals surface area contributed by atoms with Crippen molar-refractivity contribution >= 4 is 23.7 Å². The van der Waals surface area contributed by atoms with E-state index in [4.69, 9.17) is 11.6 Å². The van der Waals surface area contributed by atoms with Gasteiger partial charge in [0.15, 0.2) is 0 Å². The molecule has 0 spiro atoms. The highest BCUT2D eigenvalue weighted by atomic mass is 35.5. The summed E-state index contributed by atoms with van der Waals surface area (Å²) in [5, 5.41) is 4.83. The van der Waals surface area contributed by atoms with Gasteiger partial charge >= 0.3 is 0 Å². The molecule has 0 aliphatic rings. The molecule has 1 amide bonds. The first kappa shape index (κ1) is 18.8. The molecule has 2 aromatic carbocycles. The molecule has 0 saturated carbocycles. The summed E-state index contributed by atoms with van der Waals surface area (Å²) in [5.74, 6) is -0.272. The summed E-state index contributed by atoms with van der Waals surface area (Å²) in [6.45, 7) is 1.96. The van der Waals surface area contributed by atoms with Gasteiger partial charge in [-0.05, 0) is 67.1 Å². The van der Waals surface area contributed by atoms with Gasteiger partial charge in [0.2, 0.25) is 0 Å². The van der Waals surface area contributed by atoms with Crippen LogP contribution in [-0.4, -0.2) is 21.3 Å². The molecular weight excluding hydrogens is 384 g/mol. The quantitative estimate of drug-likeness (QED) is 0.371. The smallest absolute Gasteiger partial charge is 0.271 e. The number of hydrogen-bond donors (Lipinski definition) is 1. The van der Waals surface area contributed by atoms with E-state index in [1.807, 2.05) is 95.3 Å². The molecule has 0 saturated heterocycles. The molecule has 0 aliphatic heterocycles. The lowest BCUT2D eigenvalue weighted by Crippen LogP contribution is -2.18. The van der Waals surface area contributed by atoms with E-state index in [9.17, 15) is 4.79 Å². The third-order valence-corrected chi connectivity index (χ3v) is 4.99. The molecule has 0 bridgehead atoms. The minimum absolute atomic E-state index is 0.272. The molecule has 4 rings (SSSR count). The second-order valence-electron chi connectivity index (χ2n) is 6.58. The second kappa shape index (κ2) is 8.20. The van der Waals surface area contributed by atoms with Crippen LogP contribution in [0.5, 0.6) is 0 Å². The summed E-state index contributed by atoms with van der Waals surface area (Å²) >= 11 is 6.24. The molecule has 2 aromatic heterocycles. The largest absolute Gasteiger partial charge is 0.324 e. The minimum atomic E-state index is -0.272. The van der Waals surface area contributed by atoms with Crippen LogP contribution in [0, 0.1) is 6.92 Å². The lowest BCUT2D eigenvalue weighted by Gasteiger charge is -2.08. The summed E-state index contributed by atoms with van der Waals surface area (Å²) in [6.07, 6.45) is 7.40. The number of hydrazone groups is 1. The maximum atomic E-state index is 12.5. The Morgan fingerprint density at radius 3 is 2.59 bits per heavy atom.